The third kappa shape index (κ3) is 3.82. The number of oxazole rings is 1. The summed E-state index contributed by atoms with van der Waals surface area (Å²) in [6.45, 7) is 9.82. The van der Waals surface area contributed by atoms with E-state index in [0.29, 0.717) is 0 Å². The molecule has 0 aromatic carbocycles. The molecule has 1 unspecified atom stereocenters. The third-order valence-corrected chi connectivity index (χ3v) is 3.67. The Morgan fingerprint density at radius 2 is 2.44 bits per heavy atom. The molecule has 2 rings (SSSR count). The number of aromatic nitrogens is 1. The van der Waals surface area contributed by atoms with Crippen LogP contribution in [0, 0.1) is 12.8 Å². The van der Waals surface area contributed by atoms with Crippen molar-refractivity contribution in [1.82, 2.24) is 15.2 Å². The fourth-order valence-corrected chi connectivity index (χ4v) is 2.69. The number of hydrogen-bond donors (Lipinski definition) is 1. The Kier molecular flexibility index (Phi) is 5.20. The highest BCUT2D eigenvalue weighted by Gasteiger charge is 2.18. The van der Waals surface area contributed by atoms with Crippen molar-refractivity contribution in [2.75, 3.05) is 26.2 Å². The van der Waals surface area contributed by atoms with Crippen molar-refractivity contribution in [3.8, 4) is 0 Å². The van der Waals surface area contributed by atoms with Crippen LogP contribution in [0.2, 0.25) is 0 Å². The quantitative estimate of drug-likeness (QED) is 0.841. The van der Waals surface area contributed by atoms with Crippen LogP contribution in [-0.2, 0) is 6.54 Å². The van der Waals surface area contributed by atoms with Gasteiger partial charge in [-0.15, -0.1) is 0 Å². The summed E-state index contributed by atoms with van der Waals surface area (Å²) >= 11 is 0. The van der Waals surface area contributed by atoms with E-state index in [1.54, 1.807) is 6.39 Å². The first-order chi connectivity index (χ1) is 8.79. The molecule has 18 heavy (non-hydrogen) atoms. The second kappa shape index (κ2) is 6.90. The van der Waals surface area contributed by atoms with E-state index in [0.717, 1.165) is 37.0 Å². The third-order valence-electron chi connectivity index (χ3n) is 3.67. The van der Waals surface area contributed by atoms with Crippen LogP contribution < -0.4 is 5.32 Å². The molecule has 1 aromatic rings. The molecule has 1 atom stereocenters. The smallest absolute Gasteiger partial charge is 0.181 e. The molecule has 1 saturated heterocycles. The predicted molar refractivity (Wildman–Crippen MR) is 72.4 cm³/mol. The Morgan fingerprint density at radius 3 is 3.06 bits per heavy atom. The number of nitrogens with one attached hydrogen (secondary N) is 1. The Bertz CT molecular complexity index is 345. The summed E-state index contributed by atoms with van der Waals surface area (Å²) < 4.78 is 5.28. The van der Waals surface area contributed by atoms with Crippen LogP contribution in [0.25, 0.3) is 0 Å². The number of nitrogens with zero attached hydrogens (tertiary/aromatic N) is 2. The van der Waals surface area contributed by atoms with Gasteiger partial charge < -0.3 is 9.73 Å². The lowest BCUT2D eigenvalue weighted by Crippen LogP contribution is -2.38. The molecule has 0 saturated carbocycles. The zero-order chi connectivity index (χ0) is 12.8. The van der Waals surface area contributed by atoms with Crippen LogP contribution in [0.15, 0.2) is 10.8 Å². The van der Waals surface area contributed by atoms with E-state index in [-0.39, 0.29) is 0 Å². The van der Waals surface area contributed by atoms with E-state index in [2.05, 4.69) is 22.1 Å². The second-order valence-electron chi connectivity index (χ2n) is 5.30. The molecular weight excluding hydrogens is 226 g/mol. The lowest BCUT2D eigenvalue weighted by atomic mass is 9.99. The van der Waals surface area contributed by atoms with Gasteiger partial charge in [0.25, 0.3) is 0 Å². The molecule has 4 heteroatoms. The molecule has 1 aromatic heterocycles. The predicted octanol–water partition coefficient (Wildman–Crippen LogP) is 2.19. The minimum atomic E-state index is 0.789. The van der Waals surface area contributed by atoms with Gasteiger partial charge in [0, 0.05) is 13.1 Å². The summed E-state index contributed by atoms with van der Waals surface area (Å²) in [7, 11) is 0. The van der Waals surface area contributed by atoms with Crippen LogP contribution in [-0.4, -0.2) is 36.1 Å². The van der Waals surface area contributed by atoms with Gasteiger partial charge in [-0.1, -0.05) is 6.92 Å². The Labute approximate surface area is 110 Å². The second-order valence-corrected chi connectivity index (χ2v) is 5.30. The maximum absolute atomic E-state index is 5.28. The van der Waals surface area contributed by atoms with Crippen molar-refractivity contribution >= 4 is 0 Å². The molecule has 102 valence electrons. The van der Waals surface area contributed by atoms with Gasteiger partial charge in [-0.25, -0.2) is 4.98 Å². The van der Waals surface area contributed by atoms with Gasteiger partial charge in [0.1, 0.15) is 5.76 Å². The molecule has 0 bridgehead atoms. The molecule has 0 aliphatic carbocycles. The maximum Gasteiger partial charge on any atom is 0.181 e. The van der Waals surface area contributed by atoms with E-state index < -0.39 is 0 Å². The van der Waals surface area contributed by atoms with Crippen molar-refractivity contribution in [3.05, 3.63) is 17.8 Å². The van der Waals surface area contributed by atoms with E-state index in [1.165, 1.54) is 32.4 Å². The van der Waals surface area contributed by atoms with Crippen LogP contribution in [0.5, 0.6) is 0 Å². The van der Waals surface area contributed by atoms with Gasteiger partial charge in [-0.05, 0) is 51.7 Å². The van der Waals surface area contributed by atoms with Crippen molar-refractivity contribution in [1.29, 1.82) is 0 Å². The lowest BCUT2D eigenvalue weighted by Gasteiger charge is -2.29. The Hall–Kier alpha value is -0.870. The molecule has 0 amide bonds. The highest BCUT2D eigenvalue weighted by atomic mass is 16.3. The monoisotopic (exact) mass is 251 g/mol. The molecule has 0 radical (unpaired) electrons. The summed E-state index contributed by atoms with van der Waals surface area (Å²) in [5.74, 6) is 1.75. The van der Waals surface area contributed by atoms with Crippen LogP contribution >= 0.6 is 0 Å². The summed E-state index contributed by atoms with van der Waals surface area (Å²) in [4.78, 5) is 6.82. The van der Waals surface area contributed by atoms with Gasteiger partial charge in [0.2, 0.25) is 0 Å². The fraction of sp³-hybridized carbons (Fsp3) is 0.786. The average molecular weight is 251 g/mol. The summed E-state index contributed by atoms with van der Waals surface area (Å²) in [6.07, 6.45) is 5.41. The minimum absolute atomic E-state index is 0.789. The molecule has 1 fully saturated rings. The normalized spacial score (nSPS) is 20.5. The van der Waals surface area contributed by atoms with Crippen molar-refractivity contribution in [2.24, 2.45) is 5.92 Å². The highest BCUT2D eigenvalue weighted by Crippen LogP contribution is 2.15. The van der Waals surface area contributed by atoms with E-state index in [1.807, 2.05) is 6.92 Å². The topological polar surface area (TPSA) is 41.3 Å². The van der Waals surface area contributed by atoms with Crippen LogP contribution in [0.1, 0.15) is 37.6 Å². The Morgan fingerprint density at radius 1 is 1.56 bits per heavy atom. The number of hydrogen-bond acceptors (Lipinski definition) is 4. The van der Waals surface area contributed by atoms with Crippen LogP contribution in [0.4, 0.5) is 0 Å². The van der Waals surface area contributed by atoms with E-state index in [9.17, 15) is 0 Å². The number of aryl methyl sites for hydroxylation is 1. The van der Waals surface area contributed by atoms with Gasteiger partial charge in [-0.3, -0.25) is 4.90 Å². The average Bonchev–Trinajstić information content (AvgIpc) is 2.77. The van der Waals surface area contributed by atoms with Crippen LogP contribution in [0.3, 0.4) is 0 Å². The van der Waals surface area contributed by atoms with E-state index >= 15 is 0 Å². The SMILES string of the molecule is CCCN(Cc1ncoc1C)CC1CCCNC1. The minimum Gasteiger partial charge on any atom is -0.448 e. The highest BCUT2D eigenvalue weighted by molar-refractivity contribution is 5.04. The summed E-state index contributed by atoms with van der Waals surface area (Å²) in [6, 6.07) is 0. The molecule has 1 aliphatic rings. The standard InChI is InChI=1S/C14H25N3O/c1-3-7-17(9-13-5-4-6-15-8-13)10-14-12(2)18-11-16-14/h11,13,15H,3-10H2,1-2H3. The van der Waals surface area contributed by atoms with Crippen molar-refractivity contribution < 1.29 is 4.42 Å². The van der Waals surface area contributed by atoms with E-state index in [4.69, 9.17) is 4.42 Å². The maximum atomic E-state index is 5.28. The van der Waals surface area contributed by atoms with Crippen molar-refractivity contribution in [2.45, 2.75) is 39.7 Å². The molecular formula is C14H25N3O. The summed E-state index contributed by atoms with van der Waals surface area (Å²) in [5.41, 5.74) is 1.09. The molecule has 4 nitrogen and oxygen atoms in total. The molecule has 1 aliphatic heterocycles. The molecule has 2 heterocycles. The number of rotatable bonds is 6. The lowest BCUT2D eigenvalue weighted by molar-refractivity contribution is 0.199. The molecule has 0 spiro atoms. The number of piperidine rings is 1. The summed E-state index contributed by atoms with van der Waals surface area (Å²) in [5, 5.41) is 3.49. The zero-order valence-corrected chi connectivity index (χ0v) is 11.6. The van der Waals surface area contributed by atoms with Gasteiger partial charge in [-0.2, -0.15) is 0 Å². The first-order valence-electron chi connectivity index (χ1n) is 7.11. The largest absolute Gasteiger partial charge is 0.448 e. The zero-order valence-electron chi connectivity index (χ0n) is 11.6. The van der Waals surface area contributed by atoms with Gasteiger partial charge in [0.05, 0.1) is 5.69 Å². The first-order valence-corrected chi connectivity index (χ1v) is 7.11. The fourth-order valence-electron chi connectivity index (χ4n) is 2.69. The first kappa shape index (κ1) is 13.6. The van der Waals surface area contributed by atoms with Gasteiger partial charge in [0.15, 0.2) is 6.39 Å². The Balaban J connectivity index is 1.88. The van der Waals surface area contributed by atoms with Crippen molar-refractivity contribution in [3.63, 3.8) is 0 Å². The molecule has 1 N–H and O–H groups in total. The van der Waals surface area contributed by atoms with Gasteiger partial charge >= 0.3 is 0 Å².